The summed E-state index contributed by atoms with van der Waals surface area (Å²) in [6, 6.07) is 7.84. The minimum atomic E-state index is 0.0449. The van der Waals surface area contributed by atoms with E-state index in [1.807, 2.05) is 31.2 Å². The molecule has 0 saturated carbocycles. The van der Waals surface area contributed by atoms with E-state index in [1.165, 1.54) is 0 Å². The minimum absolute atomic E-state index is 0.0449. The third kappa shape index (κ3) is 7.21. The van der Waals surface area contributed by atoms with E-state index < -0.39 is 0 Å². The highest BCUT2D eigenvalue weighted by Gasteiger charge is 2.04. The smallest absolute Gasteiger partial charge is 0.223 e. The van der Waals surface area contributed by atoms with Crippen LogP contribution in [0.15, 0.2) is 24.3 Å². The fraction of sp³-hybridized carbons (Fsp3) is 0.533. The predicted octanol–water partition coefficient (Wildman–Crippen LogP) is 3.44. The van der Waals surface area contributed by atoms with Gasteiger partial charge in [-0.15, -0.1) is 0 Å². The average Bonchev–Trinajstić information content (AvgIpc) is 2.38. The maximum absolute atomic E-state index is 11.6. The summed E-state index contributed by atoms with van der Waals surface area (Å²) in [5, 5.41) is 2.90. The predicted molar refractivity (Wildman–Crippen MR) is 81.9 cm³/mol. The zero-order chi connectivity index (χ0) is 14.1. The van der Waals surface area contributed by atoms with Gasteiger partial charge in [0.2, 0.25) is 5.91 Å². The van der Waals surface area contributed by atoms with Crippen molar-refractivity contribution in [1.82, 2.24) is 5.32 Å². The van der Waals surface area contributed by atoms with E-state index in [4.69, 9.17) is 4.74 Å². The van der Waals surface area contributed by atoms with Crippen LogP contribution in [0.2, 0.25) is 0 Å². The Labute approximate surface area is 123 Å². The van der Waals surface area contributed by atoms with Gasteiger partial charge >= 0.3 is 0 Å². The van der Waals surface area contributed by atoms with Crippen LogP contribution in [0.4, 0.5) is 0 Å². The molecule has 3 nitrogen and oxygen atoms in total. The molecular formula is C15H22BrNO2. The van der Waals surface area contributed by atoms with E-state index in [0.717, 1.165) is 24.2 Å². The molecule has 1 unspecified atom stereocenters. The molecule has 0 aliphatic heterocycles. The summed E-state index contributed by atoms with van der Waals surface area (Å²) < 4.78 is 5.54. The number of hydrogen-bond acceptors (Lipinski definition) is 2. The Morgan fingerprint density at radius 1 is 1.47 bits per heavy atom. The Balaban J connectivity index is 2.13. The van der Waals surface area contributed by atoms with Crippen molar-refractivity contribution in [3.05, 3.63) is 29.8 Å². The number of carbonyl (C=O) groups excluding carboxylic acids is 1. The number of rotatable bonds is 8. The first-order valence-corrected chi connectivity index (χ1v) is 7.63. The van der Waals surface area contributed by atoms with Crippen LogP contribution in [-0.4, -0.2) is 23.9 Å². The Morgan fingerprint density at radius 3 is 2.95 bits per heavy atom. The SMILES string of the molecule is CCC(Br)CCNC(=O)CCOc1cccc(C)c1. The molecule has 0 aliphatic carbocycles. The lowest BCUT2D eigenvalue weighted by Crippen LogP contribution is -2.27. The van der Waals surface area contributed by atoms with Gasteiger partial charge in [-0.25, -0.2) is 0 Å². The number of alkyl halides is 1. The molecule has 0 saturated heterocycles. The summed E-state index contributed by atoms with van der Waals surface area (Å²) in [6.45, 7) is 5.27. The normalized spacial score (nSPS) is 11.9. The van der Waals surface area contributed by atoms with E-state index in [9.17, 15) is 4.79 Å². The number of ether oxygens (including phenoxy) is 1. The van der Waals surface area contributed by atoms with Crippen molar-refractivity contribution in [3.8, 4) is 5.75 Å². The van der Waals surface area contributed by atoms with Crippen LogP contribution in [0.3, 0.4) is 0 Å². The molecule has 19 heavy (non-hydrogen) atoms. The second kappa shape index (κ2) is 8.97. The maximum Gasteiger partial charge on any atom is 0.223 e. The zero-order valence-corrected chi connectivity index (χ0v) is 13.2. The summed E-state index contributed by atoms with van der Waals surface area (Å²) in [5.74, 6) is 0.864. The average molecular weight is 328 g/mol. The molecule has 0 spiro atoms. The van der Waals surface area contributed by atoms with Crippen molar-refractivity contribution in [2.75, 3.05) is 13.2 Å². The van der Waals surface area contributed by atoms with Crippen LogP contribution in [0, 0.1) is 6.92 Å². The van der Waals surface area contributed by atoms with E-state index >= 15 is 0 Å². The topological polar surface area (TPSA) is 38.3 Å². The number of hydrogen-bond donors (Lipinski definition) is 1. The van der Waals surface area contributed by atoms with Crippen molar-refractivity contribution in [1.29, 1.82) is 0 Å². The third-order valence-corrected chi connectivity index (χ3v) is 3.92. The lowest BCUT2D eigenvalue weighted by Gasteiger charge is -2.09. The molecule has 1 atom stereocenters. The number of benzene rings is 1. The molecule has 106 valence electrons. The molecule has 1 rings (SSSR count). The fourth-order valence-electron chi connectivity index (χ4n) is 1.63. The Kier molecular flexibility index (Phi) is 7.56. The molecule has 0 bridgehead atoms. The van der Waals surface area contributed by atoms with Gasteiger partial charge < -0.3 is 10.1 Å². The highest BCUT2D eigenvalue weighted by atomic mass is 79.9. The summed E-state index contributed by atoms with van der Waals surface area (Å²) in [5.41, 5.74) is 1.16. The van der Waals surface area contributed by atoms with Crippen LogP contribution in [0.25, 0.3) is 0 Å². The molecule has 1 amide bonds. The number of halogens is 1. The van der Waals surface area contributed by atoms with Crippen LogP contribution in [0.1, 0.15) is 31.7 Å². The Morgan fingerprint density at radius 2 is 2.26 bits per heavy atom. The zero-order valence-electron chi connectivity index (χ0n) is 11.6. The third-order valence-electron chi connectivity index (χ3n) is 2.81. The van der Waals surface area contributed by atoms with Gasteiger partial charge in [-0.1, -0.05) is 35.0 Å². The number of nitrogens with one attached hydrogen (secondary N) is 1. The van der Waals surface area contributed by atoms with Gasteiger partial charge in [0.05, 0.1) is 13.0 Å². The summed E-state index contributed by atoms with van der Waals surface area (Å²) >= 11 is 3.54. The molecule has 1 aromatic carbocycles. The van der Waals surface area contributed by atoms with Crippen molar-refractivity contribution in [3.63, 3.8) is 0 Å². The maximum atomic E-state index is 11.6. The number of carbonyl (C=O) groups is 1. The first kappa shape index (κ1) is 16.0. The first-order chi connectivity index (χ1) is 9.11. The number of amides is 1. The Hall–Kier alpha value is -1.03. The van der Waals surface area contributed by atoms with Gasteiger partial charge in [-0.3, -0.25) is 4.79 Å². The molecule has 0 radical (unpaired) electrons. The lowest BCUT2D eigenvalue weighted by molar-refractivity contribution is -0.121. The van der Waals surface area contributed by atoms with Crippen molar-refractivity contribution in [2.24, 2.45) is 0 Å². The minimum Gasteiger partial charge on any atom is -0.493 e. The largest absolute Gasteiger partial charge is 0.493 e. The van der Waals surface area contributed by atoms with Gasteiger partial charge in [0.1, 0.15) is 5.75 Å². The van der Waals surface area contributed by atoms with Gasteiger partial charge in [0.25, 0.3) is 0 Å². The number of aryl methyl sites for hydroxylation is 1. The van der Waals surface area contributed by atoms with Crippen molar-refractivity contribution < 1.29 is 9.53 Å². The highest BCUT2D eigenvalue weighted by Crippen LogP contribution is 2.12. The van der Waals surface area contributed by atoms with Gasteiger partial charge in [-0.2, -0.15) is 0 Å². The summed E-state index contributed by atoms with van der Waals surface area (Å²) in [4.78, 5) is 12.0. The first-order valence-electron chi connectivity index (χ1n) is 6.72. The van der Waals surface area contributed by atoms with Crippen LogP contribution in [-0.2, 0) is 4.79 Å². The highest BCUT2D eigenvalue weighted by molar-refractivity contribution is 9.09. The fourth-order valence-corrected chi connectivity index (χ4v) is 1.86. The second-order valence-electron chi connectivity index (χ2n) is 4.56. The molecule has 0 heterocycles. The molecule has 0 fully saturated rings. The summed E-state index contributed by atoms with van der Waals surface area (Å²) in [7, 11) is 0. The lowest BCUT2D eigenvalue weighted by atomic mass is 10.2. The second-order valence-corrected chi connectivity index (χ2v) is 5.85. The van der Waals surface area contributed by atoms with Crippen molar-refractivity contribution in [2.45, 2.75) is 37.9 Å². The van der Waals surface area contributed by atoms with Crippen LogP contribution >= 0.6 is 15.9 Å². The monoisotopic (exact) mass is 327 g/mol. The van der Waals surface area contributed by atoms with Crippen molar-refractivity contribution >= 4 is 21.8 Å². The van der Waals surface area contributed by atoms with E-state index in [2.05, 4.69) is 28.2 Å². The van der Waals surface area contributed by atoms with E-state index in [0.29, 0.717) is 24.4 Å². The van der Waals surface area contributed by atoms with Crippen LogP contribution < -0.4 is 10.1 Å². The standard InChI is InChI=1S/C15H22BrNO2/c1-3-13(16)7-9-17-15(18)8-10-19-14-6-4-5-12(2)11-14/h4-6,11,13H,3,7-10H2,1-2H3,(H,17,18). The molecule has 4 heteroatoms. The molecule has 1 aromatic rings. The van der Waals surface area contributed by atoms with Crippen LogP contribution in [0.5, 0.6) is 5.75 Å². The van der Waals surface area contributed by atoms with E-state index in [1.54, 1.807) is 0 Å². The quantitative estimate of drug-likeness (QED) is 0.743. The molecular weight excluding hydrogens is 306 g/mol. The van der Waals surface area contributed by atoms with Gasteiger partial charge in [-0.05, 0) is 37.5 Å². The molecule has 0 aliphatic rings. The van der Waals surface area contributed by atoms with Gasteiger partial charge in [0, 0.05) is 11.4 Å². The van der Waals surface area contributed by atoms with E-state index in [-0.39, 0.29) is 5.91 Å². The summed E-state index contributed by atoms with van der Waals surface area (Å²) in [6.07, 6.45) is 2.43. The van der Waals surface area contributed by atoms with Gasteiger partial charge in [0.15, 0.2) is 0 Å². The Bertz CT molecular complexity index is 395. The molecule has 1 N–H and O–H groups in total. The molecule has 0 aromatic heterocycles.